The molecule has 1 saturated carbocycles. The van der Waals surface area contributed by atoms with Crippen LogP contribution in [-0.2, 0) is 17.8 Å². The van der Waals surface area contributed by atoms with E-state index < -0.39 is 5.91 Å². The minimum Gasteiger partial charge on any atom is -0.356 e. The second-order valence-corrected chi connectivity index (χ2v) is 8.03. The number of fused-ring (bicyclic) bond motifs is 1. The van der Waals surface area contributed by atoms with Crippen LogP contribution in [0, 0.1) is 5.41 Å². The molecule has 3 rings (SSSR count). The molecular formula is C20H30N4O3. The zero-order chi connectivity index (χ0) is 19.4. The van der Waals surface area contributed by atoms with Gasteiger partial charge in [0.05, 0.1) is 5.56 Å². The zero-order valence-corrected chi connectivity index (χ0v) is 16.3. The molecule has 1 aliphatic carbocycles. The summed E-state index contributed by atoms with van der Waals surface area (Å²) in [4.78, 5) is 29.9. The molecular weight excluding hydrogens is 344 g/mol. The van der Waals surface area contributed by atoms with Gasteiger partial charge in [-0.05, 0) is 42.7 Å². The monoisotopic (exact) mass is 374 g/mol. The van der Waals surface area contributed by atoms with E-state index in [2.05, 4.69) is 22.1 Å². The van der Waals surface area contributed by atoms with Crippen molar-refractivity contribution < 1.29 is 14.8 Å². The van der Waals surface area contributed by atoms with Gasteiger partial charge in [-0.25, -0.2) is 5.48 Å². The maximum atomic E-state index is 11.7. The van der Waals surface area contributed by atoms with Crippen molar-refractivity contribution in [2.24, 2.45) is 5.41 Å². The summed E-state index contributed by atoms with van der Waals surface area (Å²) in [6.07, 6.45) is 8.15. The average Bonchev–Trinajstić information content (AvgIpc) is 2.63. The number of pyridine rings is 1. The number of hydrogen-bond donors (Lipinski definition) is 3. The van der Waals surface area contributed by atoms with Gasteiger partial charge in [0.25, 0.3) is 5.91 Å². The summed E-state index contributed by atoms with van der Waals surface area (Å²) in [6, 6.07) is 2.29. The Bertz CT molecular complexity index is 702. The predicted molar refractivity (Wildman–Crippen MR) is 101 cm³/mol. The number of aromatic nitrogens is 1. The largest absolute Gasteiger partial charge is 0.356 e. The maximum Gasteiger partial charge on any atom is 0.276 e. The van der Waals surface area contributed by atoms with E-state index in [4.69, 9.17) is 5.21 Å². The molecule has 0 saturated heterocycles. The van der Waals surface area contributed by atoms with Crippen molar-refractivity contribution >= 4 is 11.8 Å². The van der Waals surface area contributed by atoms with Crippen LogP contribution >= 0.6 is 0 Å². The number of hydrogen-bond acceptors (Lipinski definition) is 5. The third-order valence-corrected chi connectivity index (χ3v) is 6.20. The van der Waals surface area contributed by atoms with Crippen LogP contribution < -0.4 is 10.8 Å². The average molecular weight is 374 g/mol. The van der Waals surface area contributed by atoms with E-state index in [1.165, 1.54) is 25.5 Å². The Hall–Kier alpha value is -1.99. The number of hydroxylamine groups is 1. The number of nitrogens with one attached hydrogen (secondary N) is 2. The Balaban J connectivity index is 1.73. The van der Waals surface area contributed by atoms with Gasteiger partial charge in [-0.15, -0.1) is 0 Å². The van der Waals surface area contributed by atoms with E-state index in [-0.39, 0.29) is 11.3 Å². The van der Waals surface area contributed by atoms with Gasteiger partial charge in [-0.3, -0.25) is 24.7 Å². The molecule has 2 aliphatic rings. The van der Waals surface area contributed by atoms with E-state index in [9.17, 15) is 9.59 Å². The smallest absolute Gasteiger partial charge is 0.276 e. The number of nitrogens with zero attached hydrogens (tertiary/aromatic N) is 2. The third-order valence-electron chi connectivity index (χ3n) is 6.20. The normalized spacial score (nSPS) is 21.1. The summed E-state index contributed by atoms with van der Waals surface area (Å²) in [5.74, 6) is -0.496. The lowest BCUT2D eigenvalue weighted by atomic mass is 9.66. The SMILES string of the molecule is CC[C@@H]1Cc2ncc(C(=O)NO)cc2CN1CC1(CCNC(C)=O)CCC1. The maximum absolute atomic E-state index is 11.7. The molecule has 0 bridgehead atoms. The summed E-state index contributed by atoms with van der Waals surface area (Å²) in [5.41, 5.74) is 4.46. The molecule has 0 spiro atoms. The van der Waals surface area contributed by atoms with Crippen molar-refractivity contribution in [3.8, 4) is 0 Å². The van der Waals surface area contributed by atoms with Crippen LogP contribution in [0.15, 0.2) is 12.3 Å². The van der Waals surface area contributed by atoms with E-state index in [0.717, 1.165) is 50.2 Å². The quantitative estimate of drug-likeness (QED) is 0.501. The molecule has 1 fully saturated rings. The fourth-order valence-corrected chi connectivity index (χ4v) is 4.43. The molecule has 148 valence electrons. The Kier molecular flexibility index (Phi) is 6.11. The van der Waals surface area contributed by atoms with Crippen LogP contribution in [0.3, 0.4) is 0 Å². The molecule has 1 aromatic heterocycles. The van der Waals surface area contributed by atoms with Crippen LogP contribution in [0.1, 0.15) is 67.6 Å². The highest BCUT2D eigenvalue weighted by Gasteiger charge is 2.40. The highest BCUT2D eigenvalue weighted by Crippen LogP contribution is 2.45. The zero-order valence-electron chi connectivity index (χ0n) is 16.3. The van der Waals surface area contributed by atoms with Crippen LogP contribution in [0.25, 0.3) is 0 Å². The summed E-state index contributed by atoms with van der Waals surface area (Å²) in [7, 11) is 0. The van der Waals surface area contributed by atoms with Crippen molar-refractivity contribution in [1.29, 1.82) is 0 Å². The summed E-state index contributed by atoms with van der Waals surface area (Å²) in [6.45, 7) is 6.30. The van der Waals surface area contributed by atoms with E-state index in [1.807, 2.05) is 6.07 Å². The first kappa shape index (κ1) is 19.8. The number of amides is 2. The van der Waals surface area contributed by atoms with Crippen LogP contribution in [0.2, 0.25) is 0 Å². The predicted octanol–water partition coefficient (Wildman–Crippen LogP) is 2.03. The fourth-order valence-electron chi connectivity index (χ4n) is 4.43. The van der Waals surface area contributed by atoms with Crippen molar-refractivity contribution in [2.75, 3.05) is 13.1 Å². The van der Waals surface area contributed by atoms with Gasteiger partial charge < -0.3 is 5.32 Å². The molecule has 0 aromatic carbocycles. The van der Waals surface area contributed by atoms with Gasteiger partial charge in [0.15, 0.2) is 0 Å². The van der Waals surface area contributed by atoms with Crippen molar-refractivity contribution in [1.82, 2.24) is 20.7 Å². The van der Waals surface area contributed by atoms with Crippen molar-refractivity contribution in [2.45, 2.75) is 65.0 Å². The van der Waals surface area contributed by atoms with Gasteiger partial charge >= 0.3 is 0 Å². The van der Waals surface area contributed by atoms with Crippen molar-refractivity contribution in [3.63, 3.8) is 0 Å². The molecule has 1 aromatic rings. The molecule has 2 heterocycles. The summed E-state index contributed by atoms with van der Waals surface area (Å²) in [5, 5.41) is 11.8. The number of rotatable bonds is 7. The molecule has 2 amide bonds. The second kappa shape index (κ2) is 8.35. The summed E-state index contributed by atoms with van der Waals surface area (Å²) >= 11 is 0. The topological polar surface area (TPSA) is 94.6 Å². The molecule has 7 nitrogen and oxygen atoms in total. The standard InChI is InChI=1S/C20H30N4O3/c1-3-17-10-18-16(9-15(11-22-18)19(26)23-27)12-24(17)13-20(5-4-6-20)7-8-21-14(2)25/h9,11,17,27H,3-8,10,12-13H2,1-2H3,(H,21,25)(H,23,26)/t17-/m1/s1. The van der Waals surface area contributed by atoms with Crippen LogP contribution in [-0.4, -0.2) is 46.0 Å². The lowest BCUT2D eigenvalue weighted by molar-refractivity contribution is -0.119. The Labute approximate surface area is 160 Å². The van der Waals surface area contributed by atoms with Crippen LogP contribution in [0.4, 0.5) is 0 Å². The van der Waals surface area contributed by atoms with E-state index in [1.54, 1.807) is 12.4 Å². The van der Waals surface area contributed by atoms with Crippen LogP contribution in [0.5, 0.6) is 0 Å². The van der Waals surface area contributed by atoms with Gasteiger partial charge in [-0.1, -0.05) is 13.3 Å². The lowest BCUT2D eigenvalue weighted by Gasteiger charge is -2.48. The van der Waals surface area contributed by atoms with Gasteiger partial charge in [0.1, 0.15) is 0 Å². The third kappa shape index (κ3) is 4.47. The molecule has 1 atom stereocenters. The minimum atomic E-state index is -0.528. The van der Waals surface area contributed by atoms with Gasteiger partial charge in [0, 0.05) is 50.9 Å². The summed E-state index contributed by atoms with van der Waals surface area (Å²) < 4.78 is 0. The Morgan fingerprint density at radius 2 is 2.19 bits per heavy atom. The lowest BCUT2D eigenvalue weighted by Crippen LogP contribution is -2.49. The minimum absolute atomic E-state index is 0.0311. The molecule has 1 aliphatic heterocycles. The first-order valence-electron chi connectivity index (χ1n) is 9.87. The Morgan fingerprint density at radius 1 is 1.41 bits per heavy atom. The van der Waals surface area contributed by atoms with Crippen molar-refractivity contribution in [3.05, 3.63) is 29.1 Å². The highest BCUT2D eigenvalue weighted by molar-refractivity contribution is 5.93. The molecule has 27 heavy (non-hydrogen) atoms. The van der Waals surface area contributed by atoms with E-state index >= 15 is 0 Å². The molecule has 3 N–H and O–H groups in total. The van der Waals surface area contributed by atoms with E-state index in [0.29, 0.717) is 11.6 Å². The van der Waals surface area contributed by atoms with Gasteiger partial charge in [-0.2, -0.15) is 0 Å². The van der Waals surface area contributed by atoms with Gasteiger partial charge in [0.2, 0.25) is 5.91 Å². The second-order valence-electron chi connectivity index (χ2n) is 8.03. The first-order chi connectivity index (χ1) is 13.0. The highest BCUT2D eigenvalue weighted by atomic mass is 16.5. The number of carbonyl (C=O) groups is 2. The molecule has 7 heteroatoms. The molecule has 0 radical (unpaired) electrons. The first-order valence-corrected chi connectivity index (χ1v) is 9.87. The molecule has 0 unspecified atom stereocenters. The fraction of sp³-hybridized carbons (Fsp3) is 0.650. The Morgan fingerprint density at radius 3 is 2.78 bits per heavy atom. The number of carbonyl (C=O) groups excluding carboxylic acids is 2.